The van der Waals surface area contributed by atoms with E-state index in [1.54, 1.807) is 0 Å². The lowest BCUT2D eigenvalue weighted by Gasteiger charge is -2.10. The van der Waals surface area contributed by atoms with Crippen molar-refractivity contribution in [3.63, 3.8) is 0 Å². The van der Waals surface area contributed by atoms with Crippen molar-refractivity contribution in [2.24, 2.45) is 0 Å². The molecule has 2 heterocycles. The van der Waals surface area contributed by atoms with Crippen molar-refractivity contribution in [3.05, 3.63) is 102 Å². The highest BCUT2D eigenvalue weighted by molar-refractivity contribution is 6.30. The van der Waals surface area contributed by atoms with E-state index in [0.29, 0.717) is 16.7 Å². The van der Waals surface area contributed by atoms with E-state index in [0.717, 1.165) is 33.1 Å². The van der Waals surface area contributed by atoms with Crippen LogP contribution in [-0.2, 0) is 0 Å². The van der Waals surface area contributed by atoms with Crippen molar-refractivity contribution < 1.29 is 8.81 Å². The Balaban J connectivity index is 1.67. The first kappa shape index (κ1) is 19.6. The van der Waals surface area contributed by atoms with Gasteiger partial charge >= 0.3 is 0 Å². The maximum atomic E-state index is 14.8. The number of nitrogens with zero attached hydrogens (tertiary/aromatic N) is 3. The van der Waals surface area contributed by atoms with Gasteiger partial charge in [0.15, 0.2) is 17.5 Å². The van der Waals surface area contributed by atoms with E-state index in [4.69, 9.17) is 21.0 Å². The zero-order valence-electron chi connectivity index (χ0n) is 17.2. The van der Waals surface area contributed by atoms with Crippen molar-refractivity contribution in [1.82, 2.24) is 15.0 Å². The molecule has 0 fully saturated rings. The Morgan fingerprint density at radius 3 is 2.18 bits per heavy atom. The van der Waals surface area contributed by atoms with Crippen LogP contribution in [0.25, 0.3) is 56.1 Å². The molecule has 0 amide bonds. The summed E-state index contributed by atoms with van der Waals surface area (Å²) in [6.45, 7) is 0. The molecule has 0 N–H and O–H groups in total. The van der Waals surface area contributed by atoms with E-state index in [1.807, 2.05) is 72.8 Å². The van der Waals surface area contributed by atoms with Crippen molar-refractivity contribution in [2.45, 2.75) is 0 Å². The Hall–Kier alpha value is -4.09. The molecule has 0 bridgehead atoms. The van der Waals surface area contributed by atoms with E-state index in [1.165, 1.54) is 18.2 Å². The molecule has 33 heavy (non-hydrogen) atoms. The van der Waals surface area contributed by atoms with Crippen molar-refractivity contribution in [2.75, 3.05) is 0 Å². The summed E-state index contributed by atoms with van der Waals surface area (Å²) in [5.41, 5.74) is 3.30. The van der Waals surface area contributed by atoms with Crippen LogP contribution in [0.4, 0.5) is 4.39 Å². The summed E-state index contributed by atoms with van der Waals surface area (Å²) in [6, 6.07) is 27.4. The van der Waals surface area contributed by atoms with Crippen LogP contribution in [-0.4, -0.2) is 15.0 Å². The van der Waals surface area contributed by atoms with Crippen LogP contribution in [0.15, 0.2) is 95.4 Å². The second-order valence-electron chi connectivity index (χ2n) is 7.57. The normalized spacial score (nSPS) is 11.3. The minimum Gasteiger partial charge on any atom is -0.456 e. The van der Waals surface area contributed by atoms with Crippen LogP contribution >= 0.6 is 11.6 Å². The molecule has 0 saturated carbocycles. The van der Waals surface area contributed by atoms with E-state index in [2.05, 4.69) is 9.97 Å². The molecule has 6 aromatic rings. The fourth-order valence-electron chi connectivity index (χ4n) is 3.96. The average molecular weight is 452 g/mol. The minimum absolute atomic E-state index is 0.212. The smallest absolute Gasteiger partial charge is 0.167 e. The molecule has 4 aromatic carbocycles. The molecule has 0 spiro atoms. The number of hydrogen-bond donors (Lipinski definition) is 0. The average Bonchev–Trinajstić information content (AvgIpc) is 3.24. The van der Waals surface area contributed by atoms with Gasteiger partial charge in [0.25, 0.3) is 0 Å². The van der Waals surface area contributed by atoms with Crippen LogP contribution in [0, 0.1) is 5.82 Å². The largest absolute Gasteiger partial charge is 0.456 e. The van der Waals surface area contributed by atoms with E-state index < -0.39 is 5.82 Å². The van der Waals surface area contributed by atoms with Gasteiger partial charge in [0.2, 0.25) is 0 Å². The van der Waals surface area contributed by atoms with Crippen LogP contribution in [0.1, 0.15) is 0 Å². The van der Waals surface area contributed by atoms with Gasteiger partial charge in [-0.25, -0.2) is 19.3 Å². The molecule has 2 aromatic heterocycles. The van der Waals surface area contributed by atoms with Gasteiger partial charge in [-0.05, 0) is 30.3 Å². The molecule has 4 nitrogen and oxygen atoms in total. The molecule has 0 aliphatic rings. The molecule has 6 rings (SSSR count). The second kappa shape index (κ2) is 7.80. The number of benzene rings is 4. The Morgan fingerprint density at radius 2 is 1.33 bits per heavy atom. The predicted octanol–water partition coefficient (Wildman–Crippen LogP) is 7.56. The molecular weight excluding hydrogens is 437 g/mol. The third-order valence-electron chi connectivity index (χ3n) is 5.48. The first-order valence-corrected chi connectivity index (χ1v) is 10.7. The number of fused-ring (bicyclic) bond motifs is 3. The van der Waals surface area contributed by atoms with Gasteiger partial charge in [-0.1, -0.05) is 72.3 Å². The maximum Gasteiger partial charge on any atom is 0.167 e. The molecular formula is C27H15ClFN3O. The third kappa shape index (κ3) is 3.43. The topological polar surface area (TPSA) is 51.8 Å². The number of aromatic nitrogens is 3. The van der Waals surface area contributed by atoms with Gasteiger partial charge < -0.3 is 4.42 Å². The number of halogens is 2. The summed E-state index contributed by atoms with van der Waals surface area (Å²) in [5.74, 6) is 0.626. The zero-order chi connectivity index (χ0) is 22.4. The monoisotopic (exact) mass is 451 g/mol. The molecule has 0 unspecified atom stereocenters. The fourth-order valence-corrected chi connectivity index (χ4v) is 4.14. The highest BCUT2D eigenvalue weighted by Crippen LogP contribution is 2.36. The van der Waals surface area contributed by atoms with Gasteiger partial charge in [0, 0.05) is 26.9 Å². The molecule has 0 saturated heterocycles. The van der Waals surface area contributed by atoms with Gasteiger partial charge in [-0.2, -0.15) is 0 Å². The van der Waals surface area contributed by atoms with Crippen LogP contribution < -0.4 is 0 Å². The first-order valence-electron chi connectivity index (χ1n) is 10.3. The van der Waals surface area contributed by atoms with Crippen molar-refractivity contribution in [1.29, 1.82) is 0 Å². The van der Waals surface area contributed by atoms with E-state index in [9.17, 15) is 4.39 Å². The van der Waals surface area contributed by atoms with Gasteiger partial charge in [-0.15, -0.1) is 0 Å². The summed E-state index contributed by atoms with van der Waals surface area (Å²) < 4.78 is 20.8. The van der Waals surface area contributed by atoms with Crippen molar-refractivity contribution in [3.8, 4) is 34.2 Å². The highest BCUT2D eigenvalue weighted by Gasteiger charge is 2.18. The van der Waals surface area contributed by atoms with E-state index in [-0.39, 0.29) is 11.4 Å². The first-order chi connectivity index (χ1) is 16.2. The Bertz CT molecular complexity index is 1650. The predicted molar refractivity (Wildman–Crippen MR) is 128 cm³/mol. The fraction of sp³-hybridized carbons (Fsp3) is 0. The minimum atomic E-state index is -0.456. The third-order valence-corrected chi connectivity index (χ3v) is 5.72. The lowest BCUT2D eigenvalue weighted by molar-refractivity contribution is 0.630. The molecule has 0 aliphatic heterocycles. The van der Waals surface area contributed by atoms with Gasteiger partial charge in [0.1, 0.15) is 17.0 Å². The highest BCUT2D eigenvalue weighted by atomic mass is 35.5. The molecule has 0 atom stereocenters. The number of rotatable bonds is 3. The van der Waals surface area contributed by atoms with Crippen molar-refractivity contribution >= 4 is 33.5 Å². The van der Waals surface area contributed by atoms with Gasteiger partial charge in [-0.3, -0.25) is 0 Å². The molecule has 0 aliphatic carbocycles. The van der Waals surface area contributed by atoms with E-state index >= 15 is 0 Å². The maximum absolute atomic E-state index is 14.8. The van der Waals surface area contributed by atoms with Gasteiger partial charge in [0.05, 0.1) is 5.56 Å². The lowest BCUT2D eigenvalue weighted by Crippen LogP contribution is -2.01. The standard InChI is InChI=1S/C27H15ClFN3O/c28-17-13-14-21(29)20(15-17)27-31-25(16-7-2-1-3-8-16)30-26(32-27)19-10-6-12-23-24(19)18-9-4-5-11-22(18)33-23/h1-15H. The Kier molecular flexibility index (Phi) is 4.63. The Labute approximate surface area is 193 Å². The van der Waals surface area contributed by atoms with Crippen LogP contribution in [0.2, 0.25) is 5.02 Å². The summed E-state index contributed by atoms with van der Waals surface area (Å²) in [7, 11) is 0. The number of furan rings is 1. The summed E-state index contributed by atoms with van der Waals surface area (Å²) >= 11 is 6.16. The Morgan fingerprint density at radius 1 is 0.636 bits per heavy atom. The number of para-hydroxylation sites is 1. The molecule has 158 valence electrons. The number of hydrogen-bond acceptors (Lipinski definition) is 4. The van der Waals surface area contributed by atoms with Crippen LogP contribution in [0.5, 0.6) is 0 Å². The zero-order valence-corrected chi connectivity index (χ0v) is 17.9. The quantitative estimate of drug-likeness (QED) is 0.278. The molecule has 0 radical (unpaired) electrons. The second-order valence-corrected chi connectivity index (χ2v) is 8.01. The SMILES string of the molecule is Fc1ccc(Cl)cc1-c1nc(-c2ccccc2)nc(-c2cccc3oc4ccccc4c23)n1. The summed E-state index contributed by atoms with van der Waals surface area (Å²) in [5, 5.41) is 2.26. The summed E-state index contributed by atoms with van der Waals surface area (Å²) in [6.07, 6.45) is 0. The summed E-state index contributed by atoms with van der Waals surface area (Å²) in [4.78, 5) is 14.0. The van der Waals surface area contributed by atoms with Crippen LogP contribution in [0.3, 0.4) is 0 Å². The lowest BCUT2D eigenvalue weighted by atomic mass is 10.1. The molecule has 6 heteroatoms.